The van der Waals surface area contributed by atoms with Gasteiger partial charge in [0.05, 0.1) is 5.25 Å². The van der Waals surface area contributed by atoms with Crippen LogP contribution in [0.5, 0.6) is 0 Å². The number of benzene rings is 2. The maximum absolute atomic E-state index is 11.7. The monoisotopic (exact) mass is 431 g/mol. The fourth-order valence-corrected chi connectivity index (χ4v) is 8.92. The first-order chi connectivity index (χ1) is 13.5. The van der Waals surface area contributed by atoms with E-state index in [9.17, 15) is 8.42 Å². The smallest absolute Gasteiger partial charge is 0.261 e. The van der Waals surface area contributed by atoms with E-state index in [2.05, 4.69) is 51.6 Å². The van der Waals surface area contributed by atoms with Crippen LogP contribution in [0.25, 0.3) is 0 Å². The Morgan fingerprint density at radius 1 is 1.03 bits per heavy atom. The van der Waals surface area contributed by atoms with Gasteiger partial charge in [-0.1, -0.05) is 87.5 Å². The van der Waals surface area contributed by atoms with Crippen molar-refractivity contribution in [2.75, 3.05) is 6.61 Å². The van der Waals surface area contributed by atoms with Gasteiger partial charge in [0.15, 0.2) is 0 Å². The molecule has 6 heteroatoms. The summed E-state index contributed by atoms with van der Waals surface area (Å²) in [5.41, 5.74) is 0. The number of primary sulfonamides is 1. The van der Waals surface area contributed by atoms with Crippen molar-refractivity contribution in [1.29, 1.82) is 0 Å². The first-order valence-electron chi connectivity index (χ1n) is 9.91. The number of hydrogen-bond acceptors (Lipinski definition) is 3. The predicted octanol–water partition coefficient (Wildman–Crippen LogP) is 3.43. The second-order valence-electron chi connectivity index (χ2n) is 8.61. The van der Waals surface area contributed by atoms with E-state index in [-0.39, 0.29) is 11.0 Å². The fraction of sp³-hybridized carbons (Fsp3) is 0.391. The Kier molecular flexibility index (Phi) is 7.62. The zero-order valence-corrected chi connectivity index (χ0v) is 19.7. The Bertz CT molecular complexity index is 853. The van der Waals surface area contributed by atoms with Gasteiger partial charge in [0.2, 0.25) is 10.0 Å². The number of nitrogens with two attached hydrogens (primary N) is 1. The molecule has 0 heterocycles. The normalized spacial score (nSPS) is 14.9. The molecule has 0 aliphatic carbocycles. The molecule has 158 valence electrons. The first kappa shape index (κ1) is 23.5. The summed E-state index contributed by atoms with van der Waals surface area (Å²) in [4.78, 5) is 0. The second kappa shape index (κ2) is 9.39. The van der Waals surface area contributed by atoms with E-state index in [4.69, 9.17) is 9.56 Å². The summed E-state index contributed by atoms with van der Waals surface area (Å²) in [7, 11) is -6.24. The van der Waals surface area contributed by atoms with Crippen LogP contribution < -0.4 is 15.5 Å². The molecule has 2 aromatic rings. The second-order valence-corrected chi connectivity index (χ2v) is 14.9. The molecule has 0 aromatic heterocycles. The molecule has 0 saturated heterocycles. The Morgan fingerprint density at radius 3 is 1.83 bits per heavy atom. The van der Waals surface area contributed by atoms with Gasteiger partial charge in [-0.2, -0.15) is 0 Å². The lowest BCUT2D eigenvalue weighted by molar-refractivity contribution is 0.253. The van der Waals surface area contributed by atoms with Gasteiger partial charge in [-0.3, -0.25) is 0 Å². The molecule has 2 atom stereocenters. The summed E-state index contributed by atoms with van der Waals surface area (Å²) in [6, 6.07) is 20.8. The molecule has 0 fully saturated rings. The molecule has 0 spiro atoms. The molecule has 4 nitrogen and oxygen atoms in total. The molecular weight excluding hydrogens is 398 g/mol. The van der Waals surface area contributed by atoms with Gasteiger partial charge < -0.3 is 4.43 Å². The van der Waals surface area contributed by atoms with Gasteiger partial charge in [0, 0.05) is 6.61 Å². The van der Waals surface area contributed by atoms with E-state index in [1.165, 1.54) is 10.4 Å². The zero-order valence-electron chi connectivity index (χ0n) is 17.8. The number of rotatable bonds is 9. The lowest BCUT2D eigenvalue weighted by Crippen LogP contribution is -2.66. The molecule has 2 N–H and O–H groups in total. The van der Waals surface area contributed by atoms with Crippen LogP contribution in [0.2, 0.25) is 5.04 Å². The topological polar surface area (TPSA) is 69.4 Å². The minimum absolute atomic E-state index is 0.107. The lowest BCUT2D eigenvalue weighted by Gasteiger charge is -2.43. The van der Waals surface area contributed by atoms with E-state index < -0.39 is 23.6 Å². The average molecular weight is 432 g/mol. The van der Waals surface area contributed by atoms with E-state index in [0.29, 0.717) is 13.0 Å². The summed E-state index contributed by atoms with van der Waals surface area (Å²) in [5.74, 6) is -0.107. The molecule has 0 bridgehead atoms. The number of hydrogen-bond donors (Lipinski definition) is 1. The minimum atomic E-state index is -3.59. The minimum Gasteiger partial charge on any atom is -0.407 e. The molecule has 0 saturated carbocycles. The third-order valence-electron chi connectivity index (χ3n) is 5.46. The van der Waals surface area contributed by atoms with Crippen molar-refractivity contribution in [2.24, 2.45) is 11.1 Å². The van der Waals surface area contributed by atoms with Gasteiger partial charge >= 0.3 is 0 Å². The molecular formula is C23H33NO3SSi. The van der Waals surface area contributed by atoms with Crippen molar-refractivity contribution in [3.05, 3.63) is 73.3 Å². The highest BCUT2D eigenvalue weighted by molar-refractivity contribution is 7.89. The molecule has 0 radical (unpaired) electrons. The predicted molar refractivity (Wildman–Crippen MR) is 124 cm³/mol. The van der Waals surface area contributed by atoms with Crippen LogP contribution in [0.15, 0.2) is 73.3 Å². The molecule has 0 unspecified atom stereocenters. The van der Waals surface area contributed by atoms with Gasteiger partial charge in [0.1, 0.15) is 0 Å². The Labute approximate surface area is 177 Å². The summed E-state index contributed by atoms with van der Waals surface area (Å²) in [6.07, 6.45) is 2.17. The van der Waals surface area contributed by atoms with Crippen molar-refractivity contribution >= 4 is 28.7 Å². The Balaban J connectivity index is 2.47. The van der Waals surface area contributed by atoms with Crippen LogP contribution >= 0.6 is 0 Å². The van der Waals surface area contributed by atoms with Gasteiger partial charge in [-0.25, -0.2) is 13.6 Å². The molecule has 2 aromatic carbocycles. The molecule has 0 aliphatic rings. The standard InChI is InChI=1S/C23H33NO3SSi/c1-6-20(17-19(2)28(24,25)26)18-27-29(23(3,4)5,21-13-9-7-10-14-21)22-15-11-8-12-16-22/h6-16,19-20H,1,17-18H2,2-5H3,(H2,24,25,26)/t19-,20+/m1/s1. The SMILES string of the molecule is C=C[C@H](CO[Si](c1ccccc1)(c1ccccc1)C(C)(C)C)C[C@@H](C)S(N)(=O)=O. The maximum Gasteiger partial charge on any atom is 0.261 e. The average Bonchev–Trinajstić information content (AvgIpc) is 2.67. The zero-order chi connectivity index (χ0) is 21.7. The van der Waals surface area contributed by atoms with Crippen LogP contribution in [-0.4, -0.2) is 28.6 Å². The van der Waals surface area contributed by atoms with E-state index in [1.807, 2.05) is 36.4 Å². The summed E-state index contributed by atoms with van der Waals surface area (Å²) >= 11 is 0. The molecule has 0 amide bonds. The van der Waals surface area contributed by atoms with Crippen LogP contribution in [0, 0.1) is 5.92 Å². The van der Waals surface area contributed by atoms with E-state index in [1.54, 1.807) is 13.0 Å². The van der Waals surface area contributed by atoms with Crippen molar-refractivity contribution in [1.82, 2.24) is 0 Å². The molecule has 0 aliphatic heterocycles. The molecule has 29 heavy (non-hydrogen) atoms. The van der Waals surface area contributed by atoms with Crippen LogP contribution in [0.3, 0.4) is 0 Å². The Hall–Kier alpha value is -1.73. The van der Waals surface area contributed by atoms with Crippen molar-refractivity contribution < 1.29 is 12.8 Å². The maximum atomic E-state index is 11.7. The third-order valence-corrected chi connectivity index (χ3v) is 11.8. The quantitative estimate of drug-likeness (QED) is 0.488. The highest BCUT2D eigenvalue weighted by Crippen LogP contribution is 2.37. The molecule has 2 rings (SSSR count). The van der Waals surface area contributed by atoms with Gasteiger partial charge in [-0.05, 0) is 34.7 Å². The Morgan fingerprint density at radius 2 is 1.48 bits per heavy atom. The van der Waals surface area contributed by atoms with Crippen molar-refractivity contribution in [3.63, 3.8) is 0 Å². The van der Waals surface area contributed by atoms with Crippen LogP contribution in [0.4, 0.5) is 0 Å². The van der Waals surface area contributed by atoms with Crippen molar-refractivity contribution in [3.8, 4) is 0 Å². The highest BCUT2D eigenvalue weighted by atomic mass is 32.2. The summed E-state index contributed by atoms with van der Waals surface area (Å²) < 4.78 is 30.3. The third kappa shape index (κ3) is 5.45. The summed E-state index contributed by atoms with van der Waals surface area (Å²) in [6.45, 7) is 12.6. The fourth-order valence-electron chi connectivity index (χ4n) is 3.79. The largest absolute Gasteiger partial charge is 0.407 e. The lowest BCUT2D eigenvalue weighted by atomic mass is 10.1. The van der Waals surface area contributed by atoms with E-state index >= 15 is 0 Å². The van der Waals surface area contributed by atoms with Gasteiger partial charge in [-0.15, -0.1) is 6.58 Å². The van der Waals surface area contributed by atoms with E-state index in [0.717, 1.165) is 0 Å². The van der Waals surface area contributed by atoms with Crippen molar-refractivity contribution in [2.45, 2.75) is 44.4 Å². The van der Waals surface area contributed by atoms with Crippen LogP contribution in [0.1, 0.15) is 34.1 Å². The first-order valence-corrected chi connectivity index (χ1v) is 13.4. The van der Waals surface area contributed by atoms with Gasteiger partial charge in [0.25, 0.3) is 8.32 Å². The number of sulfonamides is 1. The highest BCUT2D eigenvalue weighted by Gasteiger charge is 2.50. The summed E-state index contributed by atoms with van der Waals surface area (Å²) in [5, 5.41) is 6.93. The van der Waals surface area contributed by atoms with Crippen LogP contribution in [-0.2, 0) is 14.4 Å².